The summed E-state index contributed by atoms with van der Waals surface area (Å²) in [5.41, 5.74) is 1.44. The lowest BCUT2D eigenvalue weighted by molar-refractivity contribution is 0.213. The Balaban J connectivity index is 1.81. The molecule has 1 saturated heterocycles. The molecule has 0 aromatic heterocycles. The molecule has 0 N–H and O–H groups in total. The van der Waals surface area contributed by atoms with Crippen LogP contribution < -0.4 is 0 Å². The second kappa shape index (κ2) is 3.49. The van der Waals surface area contributed by atoms with Crippen molar-refractivity contribution in [2.75, 3.05) is 6.54 Å². The molecule has 0 radical (unpaired) electrons. The molecule has 78 valence electrons. The predicted octanol–water partition coefficient (Wildman–Crippen LogP) is 3.01. The van der Waals surface area contributed by atoms with E-state index in [4.69, 9.17) is 0 Å². The lowest BCUT2D eigenvalue weighted by Crippen LogP contribution is -2.32. The van der Waals surface area contributed by atoms with E-state index in [1.807, 2.05) is 0 Å². The molecule has 3 rings (SSSR count). The summed E-state index contributed by atoms with van der Waals surface area (Å²) >= 11 is 0. The standard InChI is InChI=1S/C14H17N/c1-11(13-5-3-2-4-6-13)15-10-12-7-8-14(15)9-12/h2-8,11-12,14H,9-10H2,1H3/t11?,12-,14+/m0/s1. The zero-order valence-corrected chi connectivity index (χ0v) is 9.13. The molecule has 15 heavy (non-hydrogen) atoms. The summed E-state index contributed by atoms with van der Waals surface area (Å²) in [6.07, 6.45) is 6.11. The Labute approximate surface area is 91.4 Å². The largest absolute Gasteiger partial charge is 0.290 e. The molecular formula is C14H17N. The number of likely N-dealkylation sites (tertiary alicyclic amines) is 1. The number of rotatable bonds is 2. The Hall–Kier alpha value is -1.08. The van der Waals surface area contributed by atoms with Crippen LogP contribution in [0.4, 0.5) is 0 Å². The van der Waals surface area contributed by atoms with Gasteiger partial charge in [-0.3, -0.25) is 4.90 Å². The van der Waals surface area contributed by atoms with E-state index in [-0.39, 0.29) is 0 Å². The lowest BCUT2D eigenvalue weighted by Gasteiger charge is -2.30. The van der Waals surface area contributed by atoms with Crippen LogP contribution in [0.3, 0.4) is 0 Å². The molecule has 2 bridgehead atoms. The van der Waals surface area contributed by atoms with Gasteiger partial charge in [0, 0.05) is 18.6 Å². The molecule has 1 nitrogen and oxygen atoms in total. The number of hydrogen-bond acceptors (Lipinski definition) is 1. The second-order valence-corrected chi connectivity index (χ2v) is 4.73. The number of fused-ring (bicyclic) bond motifs is 2. The summed E-state index contributed by atoms with van der Waals surface area (Å²) in [6.45, 7) is 3.57. The van der Waals surface area contributed by atoms with Crippen LogP contribution in [0.25, 0.3) is 0 Å². The first-order valence-electron chi connectivity index (χ1n) is 5.83. The summed E-state index contributed by atoms with van der Waals surface area (Å²) in [7, 11) is 0. The molecule has 1 aromatic carbocycles. The van der Waals surface area contributed by atoms with Crippen molar-refractivity contribution in [2.45, 2.75) is 25.4 Å². The average molecular weight is 199 g/mol. The molecule has 2 aliphatic rings. The lowest BCUT2D eigenvalue weighted by atomic mass is 10.1. The second-order valence-electron chi connectivity index (χ2n) is 4.73. The predicted molar refractivity (Wildman–Crippen MR) is 62.6 cm³/mol. The van der Waals surface area contributed by atoms with Gasteiger partial charge in [0.15, 0.2) is 0 Å². The van der Waals surface area contributed by atoms with E-state index < -0.39 is 0 Å². The van der Waals surface area contributed by atoms with Crippen LogP contribution in [0.2, 0.25) is 0 Å². The van der Waals surface area contributed by atoms with Crippen LogP contribution in [-0.2, 0) is 0 Å². The highest BCUT2D eigenvalue weighted by molar-refractivity contribution is 5.22. The summed E-state index contributed by atoms with van der Waals surface area (Å²) in [6, 6.07) is 12.1. The smallest absolute Gasteiger partial charge is 0.0326 e. The van der Waals surface area contributed by atoms with Crippen molar-refractivity contribution >= 4 is 0 Å². The van der Waals surface area contributed by atoms with Crippen molar-refractivity contribution in [3.63, 3.8) is 0 Å². The van der Waals surface area contributed by atoms with Crippen molar-refractivity contribution in [3.8, 4) is 0 Å². The van der Waals surface area contributed by atoms with E-state index in [2.05, 4.69) is 54.3 Å². The Kier molecular flexibility index (Phi) is 2.14. The summed E-state index contributed by atoms with van der Waals surface area (Å²) in [5, 5.41) is 0. The third kappa shape index (κ3) is 1.51. The van der Waals surface area contributed by atoms with Gasteiger partial charge in [0.1, 0.15) is 0 Å². The monoisotopic (exact) mass is 199 g/mol. The minimum absolute atomic E-state index is 0.561. The van der Waals surface area contributed by atoms with E-state index in [9.17, 15) is 0 Å². The van der Waals surface area contributed by atoms with Crippen molar-refractivity contribution in [3.05, 3.63) is 48.0 Å². The highest BCUT2D eigenvalue weighted by Crippen LogP contribution is 2.37. The van der Waals surface area contributed by atoms with Crippen molar-refractivity contribution in [2.24, 2.45) is 5.92 Å². The maximum atomic E-state index is 2.62. The fourth-order valence-electron chi connectivity index (χ4n) is 2.91. The van der Waals surface area contributed by atoms with Crippen LogP contribution in [0, 0.1) is 5.92 Å². The van der Waals surface area contributed by atoms with Crippen LogP contribution in [-0.4, -0.2) is 17.5 Å². The molecule has 1 heterocycles. The molecule has 1 heteroatoms. The highest BCUT2D eigenvalue weighted by Gasteiger charge is 2.36. The molecule has 1 fully saturated rings. The van der Waals surface area contributed by atoms with Gasteiger partial charge in [0.05, 0.1) is 0 Å². The number of nitrogens with zero attached hydrogens (tertiary/aromatic N) is 1. The summed E-state index contributed by atoms with van der Waals surface area (Å²) in [5.74, 6) is 0.821. The highest BCUT2D eigenvalue weighted by atomic mass is 15.2. The van der Waals surface area contributed by atoms with E-state index >= 15 is 0 Å². The zero-order valence-electron chi connectivity index (χ0n) is 9.13. The molecule has 0 saturated carbocycles. The Morgan fingerprint density at radius 2 is 2.00 bits per heavy atom. The summed E-state index contributed by atoms with van der Waals surface area (Å²) in [4.78, 5) is 2.62. The molecule has 0 amide bonds. The topological polar surface area (TPSA) is 3.24 Å². The Morgan fingerprint density at radius 1 is 1.20 bits per heavy atom. The molecular weight excluding hydrogens is 182 g/mol. The normalized spacial score (nSPS) is 31.0. The van der Waals surface area contributed by atoms with Crippen LogP contribution in [0.1, 0.15) is 24.9 Å². The molecule has 3 atom stereocenters. The fraction of sp³-hybridized carbons (Fsp3) is 0.429. The summed E-state index contributed by atoms with van der Waals surface area (Å²) < 4.78 is 0. The minimum Gasteiger partial charge on any atom is -0.290 e. The van der Waals surface area contributed by atoms with Crippen molar-refractivity contribution in [1.29, 1.82) is 0 Å². The third-order valence-electron chi connectivity index (χ3n) is 3.80. The molecule has 0 spiro atoms. The van der Waals surface area contributed by atoms with Gasteiger partial charge in [-0.1, -0.05) is 42.5 Å². The van der Waals surface area contributed by atoms with Gasteiger partial charge in [-0.2, -0.15) is 0 Å². The number of benzene rings is 1. The zero-order chi connectivity index (χ0) is 10.3. The molecule has 1 aromatic rings. The van der Waals surface area contributed by atoms with E-state index in [1.165, 1.54) is 18.5 Å². The van der Waals surface area contributed by atoms with Crippen molar-refractivity contribution in [1.82, 2.24) is 4.90 Å². The van der Waals surface area contributed by atoms with E-state index in [1.54, 1.807) is 0 Å². The maximum absolute atomic E-state index is 2.62. The SMILES string of the molecule is CC(c1ccccc1)N1C[C@H]2C=C[C@@H]1C2. The quantitative estimate of drug-likeness (QED) is 0.662. The average Bonchev–Trinajstić information content (AvgIpc) is 2.91. The van der Waals surface area contributed by atoms with Gasteiger partial charge >= 0.3 is 0 Å². The van der Waals surface area contributed by atoms with Gasteiger partial charge in [-0.05, 0) is 24.8 Å². The third-order valence-corrected chi connectivity index (χ3v) is 3.80. The number of hydrogen-bond donors (Lipinski definition) is 0. The van der Waals surface area contributed by atoms with Crippen LogP contribution >= 0.6 is 0 Å². The van der Waals surface area contributed by atoms with Crippen molar-refractivity contribution < 1.29 is 0 Å². The minimum atomic E-state index is 0.561. The molecule has 1 unspecified atom stereocenters. The van der Waals surface area contributed by atoms with Gasteiger partial charge in [-0.15, -0.1) is 0 Å². The maximum Gasteiger partial charge on any atom is 0.0326 e. The Bertz CT molecular complexity index is 368. The first-order chi connectivity index (χ1) is 7.34. The molecule has 1 aliphatic heterocycles. The first-order valence-corrected chi connectivity index (χ1v) is 5.83. The molecule has 1 aliphatic carbocycles. The van der Waals surface area contributed by atoms with E-state index in [0.29, 0.717) is 12.1 Å². The van der Waals surface area contributed by atoms with Crippen LogP contribution in [0.5, 0.6) is 0 Å². The van der Waals surface area contributed by atoms with E-state index in [0.717, 1.165) is 5.92 Å². The first kappa shape index (κ1) is 9.17. The van der Waals surface area contributed by atoms with Crippen LogP contribution in [0.15, 0.2) is 42.5 Å². The van der Waals surface area contributed by atoms with Gasteiger partial charge in [0.2, 0.25) is 0 Å². The van der Waals surface area contributed by atoms with Gasteiger partial charge in [-0.25, -0.2) is 0 Å². The van der Waals surface area contributed by atoms with Gasteiger partial charge in [0.25, 0.3) is 0 Å². The fourth-order valence-corrected chi connectivity index (χ4v) is 2.91. The Morgan fingerprint density at radius 3 is 2.60 bits per heavy atom. The van der Waals surface area contributed by atoms with Gasteiger partial charge < -0.3 is 0 Å².